The molecule has 1 aromatic heterocycles. The molecular formula is C13H23N3. The molecule has 0 radical (unpaired) electrons. The molecular weight excluding hydrogens is 198 g/mol. The van der Waals surface area contributed by atoms with E-state index in [1.165, 1.54) is 24.8 Å². The molecule has 1 fully saturated rings. The minimum atomic E-state index is 0.867. The van der Waals surface area contributed by atoms with Gasteiger partial charge in [-0.2, -0.15) is 5.10 Å². The molecule has 1 saturated carbocycles. The first kappa shape index (κ1) is 11.6. The smallest absolute Gasteiger partial charge is 0.0534 e. The van der Waals surface area contributed by atoms with E-state index < -0.39 is 0 Å². The van der Waals surface area contributed by atoms with Gasteiger partial charge >= 0.3 is 0 Å². The molecule has 0 aromatic carbocycles. The van der Waals surface area contributed by atoms with Crippen molar-refractivity contribution in [3.63, 3.8) is 0 Å². The first-order chi connectivity index (χ1) is 7.78. The molecule has 0 aliphatic heterocycles. The van der Waals surface area contributed by atoms with Gasteiger partial charge in [0.15, 0.2) is 0 Å². The van der Waals surface area contributed by atoms with Crippen LogP contribution in [-0.4, -0.2) is 16.3 Å². The summed E-state index contributed by atoms with van der Waals surface area (Å²) >= 11 is 0. The highest BCUT2D eigenvalue weighted by atomic mass is 15.3. The monoisotopic (exact) mass is 221 g/mol. The lowest BCUT2D eigenvalue weighted by Crippen LogP contribution is -2.25. The normalized spacial score (nSPS) is 24.4. The minimum absolute atomic E-state index is 0.867. The molecule has 1 aliphatic carbocycles. The van der Waals surface area contributed by atoms with Gasteiger partial charge in [-0.15, -0.1) is 0 Å². The summed E-state index contributed by atoms with van der Waals surface area (Å²) < 4.78 is 2.11. The van der Waals surface area contributed by atoms with Gasteiger partial charge < -0.3 is 5.32 Å². The molecule has 16 heavy (non-hydrogen) atoms. The van der Waals surface area contributed by atoms with E-state index in [2.05, 4.69) is 35.1 Å². The van der Waals surface area contributed by atoms with E-state index in [4.69, 9.17) is 0 Å². The summed E-state index contributed by atoms with van der Waals surface area (Å²) in [6.07, 6.45) is 8.12. The molecule has 3 nitrogen and oxygen atoms in total. The number of nitrogens with zero attached hydrogens (tertiary/aromatic N) is 2. The summed E-state index contributed by atoms with van der Waals surface area (Å²) in [5.41, 5.74) is 1.31. The van der Waals surface area contributed by atoms with Crippen LogP contribution in [0.5, 0.6) is 0 Å². The van der Waals surface area contributed by atoms with Crippen LogP contribution in [0.4, 0.5) is 0 Å². The van der Waals surface area contributed by atoms with Crippen molar-refractivity contribution in [1.29, 1.82) is 0 Å². The van der Waals surface area contributed by atoms with Crippen molar-refractivity contribution in [2.45, 2.75) is 46.2 Å². The Morgan fingerprint density at radius 2 is 2.31 bits per heavy atom. The molecule has 0 bridgehead atoms. The maximum absolute atomic E-state index is 4.42. The molecule has 1 heterocycles. The highest BCUT2D eigenvalue weighted by Crippen LogP contribution is 2.33. The van der Waals surface area contributed by atoms with Gasteiger partial charge in [0.05, 0.1) is 6.20 Å². The van der Waals surface area contributed by atoms with Crippen LogP contribution in [0.15, 0.2) is 12.4 Å². The standard InChI is InChI=1S/C13H23N3/c1-3-4-14-7-13-8-15-16(10-13)9-12-5-11(2)6-12/h8,10-12,14H,3-7,9H2,1-2H3. The first-order valence-electron chi connectivity index (χ1n) is 6.50. The third-order valence-electron chi connectivity index (χ3n) is 3.36. The fourth-order valence-corrected chi connectivity index (χ4v) is 2.49. The van der Waals surface area contributed by atoms with Gasteiger partial charge in [0.2, 0.25) is 0 Å². The Hall–Kier alpha value is -0.830. The van der Waals surface area contributed by atoms with Crippen molar-refractivity contribution in [1.82, 2.24) is 15.1 Å². The average molecular weight is 221 g/mol. The number of hydrogen-bond acceptors (Lipinski definition) is 2. The largest absolute Gasteiger partial charge is 0.313 e. The zero-order valence-corrected chi connectivity index (χ0v) is 10.4. The van der Waals surface area contributed by atoms with E-state index in [1.54, 1.807) is 0 Å². The summed E-state index contributed by atoms with van der Waals surface area (Å²) in [5.74, 6) is 1.80. The molecule has 90 valence electrons. The van der Waals surface area contributed by atoms with Crippen molar-refractivity contribution < 1.29 is 0 Å². The van der Waals surface area contributed by atoms with E-state index >= 15 is 0 Å². The van der Waals surface area contributed by atoms with Gasteiger partial charge in [0.1, 0.15) is 0 Å². The van der Waals surface area contributed by atoms with Crippen molar-refractivity contribution in [2.75, 3.05) is 6.54 Å². The molecule has 0 atom stereocenters. The van der Waals surface area contributed by atoms with Gasteiger partial charge in [0, 0.05) is 24.8 Å². The Bertz CT molecular complexity index is 313. The summed E-state index contributed by atoms with van der Waals surface area (Å²) in [7, 11) is 0. The van der Waals surface area contributed by atoms with Gasteiger partial charge in [-0.05, 0) is 37.6 Å². The molecule has 1 aromatic rings. The number of rotatable bonds is 6. The predicted molar refractivity (Wildman–Crippen MR) is 66.1 cm³/mol. The molecule has 0 saturated heterocycles. The highest BCUT2D eigenvalue weighted by Gasteiger charge is 2.25. The van der Waals surface area contributed by atoms with E-state index in [0.717, 1.165) is 31.5 Å². The third-order valence-corrected chi connectivity index (χ3v) is 3.36. The summed E-state index contributed by atoms with van der Waals surface area (Å²) in [5, 5.41) is 7.82. The Balaban J connectivity index is 1.74. The number of aromatic nitrogens is 2. The van der Waals surface area contributed by atoms with E-state index in [1.807, 2.05) is 6.20 Å². The summed E-state index contributed by atoms with van der Waals surface area (Å²) in [6.45, 7) is 7.67. The second kappa shape index (κ2) is 5.48. The average Bonchev–Trinajstić information content (AvgIpc) is 2.64. The van der Waals surface area contributed by atoms with Gasteiger partial charge in [0.25, 0.3) is 0 Å². The van der Waals surface area contributed by atoms with Crippen molar-refractivity contribution in [3.8, 4) is 0 Å². The molecule has 1 aliphatic rings. The van der Waals surface area contributed by atoms with E-state index in [-0.39, 0.29) is 0 Å². The summed E-state index contributed by atoms with van der Waals surface area (Å²) in [4.78, 5) is 0. The number of hydrogen-bond donors (Lipinski definition) is 1. The van der Waals surface area contributed by atoms with Crippen molar-refractivity contribution in [3.05, 3.63) is 18.0 Å². The topological polar surface area (TPSA) is 29.9 Å². The maximum Gasteiger partial charge on any atom is 0.0534 e. The highest BCUT2D eigenvalue weighted by molar-refractivity contribution is 5.03. The predicted octanol–water partition coefficient (Wildman–Crippen LogP) is 2.43. The lowest BCUT2D eigenvalue weighted by molar-refractivity contribution is 0.182. The van der Waals surface area contributed by atoms with Crippen molar-refractivity contribution >= 4 is 0 Å². The first-order valence-corrected chi connectivity index (χ1v) is 6.50. The second-order valence-corrected chi connectivity index (χ2v) is 5.19. The van der Waals surface area contributed by atoms with E-state index in [0.29, 0.717) is 0 Å². The maximum atomic E-state index is 4.42. The van der Waals surface area contributed by atoms with Crippen LogP contribution in [-0.2, 0) is 13.1 Å². The summed E-state index contributed by atoms with van der Waals surface area (Å²) in [6, 6.07) is 0. The Morgan fingerprint density at radius 3 is 3.00 bits per heavy atom. The lowest BCUT2D eigenvalue weighted by Gasteiger charge is -2.32. The van der Waals surface area contributed by atoms with Crippen LogP contribution in [0.2, 0.25) is 0 Å². The molecule has 1 N–H and O–H groups in total. The van der Waals surface area contributed by atoms with Crippen LogP contribution in [0.1, 0.15) is 38.7 Å². The van der Waals surface area contributed by atoms with Gasteiger partial charge in [-0.25, -0.2) is 0 Å². The van der Waals surface area contributed by atoms with Crippen LogP contribution in [0, 0.1) is 11.8 Å². The Morgan fingerprint density at radius 1 is 1.50 bits per heavy atom. The molecule has 2 rings (SSSR count). The Labute approximate surface area is 98.2 Å². The zero-order chi connectivity index (χ0) is 11.4. The van der Waals surface area contributed by atoms with Gasteiger partial charge in [-0.1, -0.05) is 13.8 Å². The van der Waals surface area contributed by atoms with Gasteiger partial charge in [-0.3, -0.25) is 4.68 Å². The van der Waals surface area contributed by atoms with Crippen LogP contribution in [0.3, 0.4) is 0 Å². The van der Waals surface area contributed by atoms with Crippen LogP contribution >= 0.6 is 0 Å². The minimum Gasteiger partial charge on any atom is -0.313 e. The SMILES string of the molecule is CCCNCc1cnn(CC2CC(C)C2)c1. The third kappa shape index (κ3) is 3.08. The molecule has 3 heteroatoms. The van der Waals surface area contributed by atoms with E-state index in [9.17, 15) is 0 Å². The second-order valence-electron chi connectivity index (χ2n) is 5.19. The zero-order valence-electron chi connectivity index (χ0n) is 10.4. The fraction of sp³-hybridized carbons (Fsp3) is 0.769. The molecule has 0 unspecified atom stereocenters. The van der Waals surface area contributed by atoms with Crippen LogP contribution < -0.4 is 5.32 Å². The molecule has 0 spiro atoms. The quantitative estimate of drug-likeness (QED) is 0.748. The Kier molecular flexibility index (Phi) is 3.99. The van der Waals surface area contributed by atoms with Crippen molar-refractivity contribution in [2.24, 2.45) is 11.8 Å². The molecule has 0 amide bonds. The van der Waals surface area contributed by atoms with Crippen LogP contribution in [0.25, 0.3) is 0 Å². The lowest BCUT2D eigenvalue weighted by atomic mass is 9.76. The fourth-order valence-electron chi connectivity index (χ4n) is 2.49. The number of nitrogens with one attached hydrogen (secondary N) is 1.